The molecule has 2 aliphatic rings. The number of imide groups is 1. The molecule has 168 valence electrons. The lowest BCUT2D eigenvalue weighted by molar-refractivity contribution is -0.143. The highest BCUT2D eigenvalue weighted by molar-refractivity contribution is 6.11. The van der Waals surface area contributed by atoms with Crippen molar-refractivity contribution in [3.8, 4) is 5.75 Å². The van der Waals surface area contributed by atoms with Gasteiger partial charge in [0.15, 0.2) is 0 Å². The molecule has 0 radical (unpaired) electrons. The minimum Gasteiger partial charge on any atom is -0.497 e. The predicted molar refractivity (Wildman–Crippen MR) is 118 cm³/mol. The Hall–Kier alpha value is -3.19. The van der Waals surface area contributed by atoms with E-state index in [-0.39, 0.29) is 43.1 Å². The number of carbonyl (C=O) groups excluding carboxylic acids is 3. The first-order chi connectivity index (χ1) is 15.4. The average Bonchev–Trinajstić information content (AvgIpc) is 3.60. The highest BCUT2D eigenvalue weighted by Crippen LogP contribution is 2.44. The monoisotopic (exact) mass is 436 g/mol. The molecule has 1 N–H and O–H groups in total. The number of carbonyl (C=O) groups is 3. The Kier molecular flexibility index (Phi) is 6.02. The maximum atomic E-state index is 13.5. The lowest BCUT2D eigenvalue weighted by Gasteiger charge is -2.30. The van der Waals surface area contributed by atoms with Gasteiger partial charge in [0.25, 0.3) is 0 Å². The Morgan fingerprint density at radius 1 is 1.16 bits per heavy atom. The molecule has 2 atom stereocenters. The summed E-state index contributed by atoms with van der Waals surface area (Å²) in [6.45, 7) is 0.0933. The number of amides is 3. The zero-order chi connectivity index (χ0) is 22.9. The van der Waals surface area contributed by atoms with Gasteiger partial charge in [0.05, 0.1) is 25.2 Å². The fourth-order valence-electron chi connectivity index (χ4n) is 4.38. The van der Waals surface area contributed by atoms with Gasteiger partial charge in [0.1, 0.15) is 5.75 Å². The molecule has 7 nitrogen and oxygen atoms in total. The summed E-state index contributed by atoms with van der Waals surface area (Å²) in [7, 11) is 3.16. The van der Waals surface area contributed by atoms with Gasteiger partial charge in [0, 0.05) is 25.9 Å². The maximum absolute atomic E-state index is 13.5. The molecule has 0 aromatic heterocycles. The van der Waals surface area contributed by atoms with E-state index in [1.54, 1.807) is 50.6 Å². The predicted octanol–water partition coefficient (Wildman–Crippen LogP) is 2.44. The molecule has 2 fully saturated rings. The number of rotatable bonds is 8. The summed E-state index contributed by atoms with van der Waals surface area (Å²) in [5, 5.41) is 10.5. The van der Waals surface area contributed by atoms with Crippen molar-refractivity contribution in [2.45, 2.75) is 43.2 Å². The molecule has 3 amide bonds. The second-order valence-corrected chi connectivity index (χ2v) is 8.66. The van der Waals surface area contributed by atoms with Gasteiger partial charge >= 0.3 is 0 Å². The average molecular weight is 437 g/mol. The second kappa shape index (κ2) is 8.74. The standard InChI is InChI=1S/C25H28N2O5/c1-26(16-21(28)17-6-4-3-5-7-17)22(29)14-25(18-8-12-20(32-2)13-9-18)15-23(30)27(24(25)31)19-10-11-19/h3-9,12-13,19,21,28H,10-11,14-16H2,1-2H3/t21-,25-/m1/s1. The van der Waals surface area contributed by atoms with Crippen LogP contribution in [0.3, 0.4) is 0 Å². The molecule has 0 spiro atoms. The van der Waals surface area contributed by atoms with Crippen molar-refractivity contribution in [3.05, 3.63) is 65.7 Å². The van der Waals surface area contributed by atoms with E-state index in [2.05, 4.69) is 0 Å². The quantitative estimate of drug-likeness (QED) is 0.643. The van der Waals surface area contributed by atoms with Crippen molar-refractivity contribution in [2.75, 3.05) is 20.7 Å². The number of benzene rings is 2. The lowest BCUT2D eigenvalue weighted by atomic mass is 9.75. The molecule has 1 aliphatic heterocycles. The molecule has 4 rings (SSSR count). The van der Waals surface area contributed by atoms with Crippen LogP contribution in [0.2, 0.25) is 0 Å². The van der Waals surface area contributed by atoms with E-state index < -0.39 is 11.5 Å². The van der Waals surface area contributed by atoms with Crippen LogP contribution in [0.4, 0.5) is 0 Å². The summed E-state index contributed by atoms with van der Waals surface area (Å²) >= 11 is 0. The van der Waals surface area contributed by atoms with Crippen molar-refractivity contribution < 1.29 is 24.2 Å². The largest absolute Gasteiger partial charge is 0.497 e. The second-order valence-electron chi connectivity index (χ2n) is 8.66. The normalized spacial score (nSPS) is 21.5. The number of likely N-dealkylation sites (N-methyl/N-ethyl adjacent to an activating group) is 1. The van der Waals surface area contributed by atoms with Crippen LogP contribution < -0.4 is 4.74 Å². The van der Waals surface area contributed by atoms with Gasteiger partial charge < -0.3 is 14.7 Å². The molecule has 1 aliphatic carbocycles. The molecule has 0 unspecified atom stereocenters. The number of methoxy groups -OCH3 is 1. The Labute approximate surface area is 187 Å². The van der Waals surface area contributed by atoms with Gasteiger partial charge in [-0.05, 0) is 36.1 Å². The highest BCUT2D eigenvalue weighted by atomic mass is 16.5. The van der Waals surface area contributed by atoms with Gasteiger partial charge in [-0.2, -0.15) is 0 Å². The van der Waals surface area contributed by atoms with Crippen LogP contribution in [0.5, 0.6) is 5.75 Å². The Morgan fingerprint density at radius 3 is 2.41 bits per heavy atom. The molecule has 1 heterocycles. The minimum absolute atomic E-state index is 0.0323. The van der Waals surface area contributed by atoms with Crippen molar-refractivity contribution in [3.63, 3.8) is 0 Å². The number of hydrogen-bond donors (Lipinski definition) is 1. The van der Waals surface area contributed by atoms with Crippen LogP contribution in [-0.2, 0) is 19.8 Å². The van der Waals surface area contributed by atoms with E-state index in [9.17, 15) is 19.5 Å². The number of aliphatic hydroxyl groups excluding tert-OH is 1. The molecule has 2 aromatic rings. The van der Waals surface area contributed by atoms with E-state index in [0.717, 1.165) is 12.8 Å². The third-order valence-corrected chi connectivity index (χ3v) is 6.41. The third-order valence-electron chi connectivity index (χ3n) is 6.41. The van der Waals surface area contributed by atoms with E-state index in [0.29, 0.717) is 16.9 Å². The first-order valence-electron chi connectivity index (χ1n) is 10.8. The number of hydrogen-bond acceptors (Lipinski definition) is 5. The molecular formula is C25H28N2O5. The fourth-order valence-corrected chi connectivity index (χ4v) is 4.38. The molecular weight excluding hydrogens is 408 g/mol. The summed E-state index contributed by atoms with van der Waals surface area (Å²) in [5.41, 5.74) is 0.101. The first kappa shape index (κ1) is 22.0. The Balaban J connectivity index is 1.58. The van der Waals surface area contributed by atoms with E-state index in [4.69, 9.17) is 4.74 Å². The summed E-state index contributed by atoms with van der Waals surface area (Å²) in [5.74, 6) is -0.197. The van der Waals surface area contributed by atoms with Crippen LogP contribution >= 0.6 is 0 Å². The summed E-state index contributed by atoms with van der Waals surface area (Å²) in [6.07, 6.45) is 0.618. The van der Waals surface area contributed by atoms with Gasteiger partial charge in [0.2, 0.25) is 17.7 Å². The lowest BCUT2D eigenvalue weighted by Crippen LogP contribution is -2.44. The van der Waals surface area contributed by atoms with Crippen LogP contribution in [0, 0.1) is 0 Å². The first-order valence-corrected chi connectivity index (χ1v) is 10.8. The molecule has 1 saturated heterocycles. The van der Waals surface area contributed by atoms with Gasteiger partial charge in [-0.1, -0.05) is 42.5 Å². The van der Waals surface area contributed by atoms with E-state index >= 15 is 0 Å². The van der Waals surface area contributed by atoms with Crippen molar-refractivity contribution in [1.82, 2.24) is 9.80 Å². The maximum Gasteiger partial charge on any atom is 0.241 e. The molecule has 0 bridgehead atoms. The Morgan fingerprint density at radius 2 is 1.81 bits per heavy atom. The van der Waals surface area contributed by atoms with Crippen LogP contribution in [0.1, 0.15) is 42.9 Å². The third kappa shape index (κ3) is 4.12. The van der Waals surface area contributed by atoms with Crippen LogP contribution in [0.15, 0.2) is 54.6 Å². The fraction of sp³-hybridized carbons (Fsp3) is 0.400. The van der Waals surface area contributed by atoms with E-state index in [1.807, 2.05) is 18.2 Å². The summed E-state index contributed by atoms with van der Waals surface area (Å²) < 4.78 is 5.22. The molecule has 7 heteroatoms. The number of nitrogens with zero attached hydrogens (tertiary/aromatic N) is 2. The summed E-state index contributed by atoms with van der Waals surface area (Å²) in [4.78, 5) is 42.3. The van der Waals surface area contributed by atoms with Crippen molar-refractivity contribution in [2.24, 2.45) is 0 Å². The van der Waals surface area contributed by atoms with Gasteiger partial charge in [-0.25, -0.2) is 0 Å². The highest BCUT2D eigenvalue weighted by Gasteiger charge is 2.57. The molecule has 1 saturated carbocycles. The van der Waals surface area contributed by atoms with Crippen molar-refractivity contribution >= 4 is 17.7 Å². The SMILES string of the molecule is COc1ccc([C@@]2(CC(=O)N(C)C[C@@H](O)c3ccccc3)CC(=O)N(C3CC3)C2=O)cc1. The van der Waals surface area contributed by atoms with Crippen LogP contribution in [0.25, 0.3) is 0 Å². The minimum atomic E-state index is -1.24. The topological polar surface area (TPSA) is 87.2 Å². The Bertz CT molecular complexity index is 1000. The number of ether oxygens (including phenoxy) is 1. The number of aliphatic hydroxyl groups is 1. The number of likely N-dealkylation sites (tertiary alicyclic amines) is 1. The molecule has 2 aromatic carbocycles. The van der Waals surface area contributed by atoms with E-state index in [1.165, 1.54) is 9.80 Å². The van der Waals surface area contributed by atoms with Gasteiger partial charge in [-0.3, -0.25) is 19.3 Å². The zero-order valence-corrected chi connectivity index (χ0v) is 18.4. The summed E-state index contributed by atoms with van der Waals surface area (Å²) in [6, 6.07) is 16.1. The smallest absolute Gasteiger partial charge is 0.241 e. The van der Waals surface area contributed by atoms with Crippen LogP contribution in [-0.4, -0.2) is 59.4 Å². The zero-order valence-electron chi connectivity index (χ0n) is 18.4. The van der Waals surface area contributed by atoms with Crippen molar-refractivity contribution in [1.29, 1.82) is 0 Å². The van der Waals surface area contributed by atoms with Gasteiger partial charge in [-0.15, -0.1) is 0 Å². The molecule has 32 heavy (non-hydrogen) atoms.